The number of rotatable bonds is 7. The van der Waals surface area contributed by atoms with Crippen LogP contribution in [0.4, 0.5) is 22.0 Å². The van der Waals surface area contributed by atoms with E-state index in [-0.39, 0.29) is 16.3 Å². The van der Waals surface area contributed by atoms with Crippen molar-refractivity contribution in [1.82, 2.24) is 4.98 Å². The molecule has 0 bridgehead atoms. The molecule has 3 N–H and O–H groups in total. The summed E-state index contributed by atoms with van der Waals surface area (Å²) in [7, 11) is 0. The number of alkyl halides is 3. The SMILES string of the molecule is NC(=O)c1c(F)ccc(OC(CO)c2nc(-c3ccc(OC(F)(F)F)cc3)c(Br)o2)c1F. The minimum absolute atomic E-state index is 0.0384. The Hall–Kier alpha value is -3.19. The van der Waals surface area contributed by atoms with Gasteiger partial charge in [-0.15, -0.1) is 13.2 Å². The second-order valence-corrected chi connectivity index (χ2v) is 6.85. The highest BCUT2D eigenvalue weighted by Gasteiger charge is 2.31. The monoisotopic (exact) mass is 522 g/mol. The first-order valence-corrected chi connectivity index (χ1v) is 9.37. The Balaban J connectivity index is 1.87. The normalized spacial score (nSPS) is 12.5. The Kier molecular flexibility index (Phi) is 6.69. The van der Waals surface area contributed by atoms with Gasteiger partial charge in [0.15, 0.2) is 22.3 Å². The van der Waals surface area contributed by atoms with Crippen LogP contribution in [0.3, 0.4) is 0 Å². The number of ether oxygens (including phenoxy) is 2. The highest BCUT2D eigenvalue weighted by atomic mass is 79.9. The molecule has 0 aliphatic carbocycles. The van der Waals surface area contributed by atoms with E-state index in [1.165, 1.54) is 12.1 Å². The van der Waals surface area contributed by atoms with E-state index < -0.39 is 53.7 Å². The molecule has 1 amide bonds. The van der Waals surface area contributed by atoms with Crippen molar-refractivity contribution in [3.8, 4) is 22.8 Å². The van der Waals surface area contributed by atoms with Crippen molar-refractivity contribution in [2.75, 3.05) is 6.61 Å². The first-order valence-electron chi connectivity index (χ1n) is 8.58. The average molecular weight is 523 g/mol. The number of aliphatic hydroxyl groups excluding tert-OH is 1. The molecule has 1 heterocycles. The first kappa shape index (κ1) is 23.5. The summed E-state index contributed by atoms with van der Waals surface area (Å²) in [5, 5.41) is 9.63. The number of nitrogens with zero attached hydrogens (tertiary/aromatic N) is 1. The maximum absolute atomic E-state index is 14.4. The third-order valence-electron chi connectivity index (χ3n) is 3.98. The molecule has 7 nitrogen and oxygen atoms in total. The van der Waals surface area contributed by atoms with Gasteiger partial charge in [0.25, 0.3) is 5.91 Å². The van der Waals surface area contributed by atoms with E-state index >= 15 is 0 Å². The van der Waals surface area contributed by atoms with Gasteiger partial charge >= 0.3 is 6.36 Å². The second kappa shape index (κ2) is 9.12. The summed E-state index contributed by atoms with van der Waals surface area (Å²) in [6.45, 7) is -0.756. The molecule has 0 aliphatic heterocycles. The van der Waals surface area contributed by atoms with E-state index in [4.69, 9.17) is 14.9 Å². The van der Waals surface area contributed by atoms with E-state index in [0.717, 1.165) is 24.3 Å². The van der Waals surface area contributed by atoms with E-state index in [0.29, 0.717) is 5.56 Å². The van der Waals surface area contributed by atoms with E-state index in [1.54, 1.807) is 0 Å². The van der Waals surface area contributed by atoms with Gasteiger partial charge in [-0.2, -0.15) is 0 Å². The van der Waals surface area contributed by atoms with Crippen molar-refractivity contribution in [1.29, 1.82) is 0 Å². The molecule has 0 saturated heterocycles. The van der Waals surface area contributed by atoms with Crippen molar-refractivity contribution in [3.05, 3.63) is 64.2 Å². The first-order chi connectivity index (χ1) is 15.0. The van der Waals surface area contributed by atoms with Crippen molar-refractivity contribution < 1.29 is 45.7 Å². The van der Waals surface area contributed by atoms with Crippen LogP contribution in [0.2, 0.25) is 0 Å². The number of nitrogens with two attached hydrogens (primary N) is 1. The molecule has 0 aliphatic rings. The van der Waals surface area contributed by atoms with Gasteiger partial charge in [0.05, 0.1) is 6.61 Å². The second-order valence-electron chi connectivity index (χ2n) is 6.13. The zero-order valence-corrected chi connectivity index (χ0v) is 17.2. The number of halogens is 6. The average Bonchev–Trinajstić information content (AvgIpc) is 3.08. The molecule has 0 fully saturated rings. The molecule has 3 rings (SSSR count). The Morgan fingerprint density at radius 2 is 1.84 bits per heavy atom. The van der Waals surface area contributed by atoms with Crippen LogP contribution in [0.5, 0.6) is 11.5 Å². The minimum atomic E-state index is -4.85. The highest BCUT2D eigenvalue weighted by molar-refractivity contribution is 9.10. The predicted octanol–water partition coefficient (Wildman–Crippen LogP) is 4.49. The van der Waals surface area contributed by atoms with Crippen LogP contribution in [-0.2, 0) is 0 Å². The topological polar surface area (TPSA) is 108 Å². The summed E-state index contributed by atoms with van der Waals surface area (Å²) in [5.74, 6) is -5.21. The maximum atomic E-state index is 14.4. The summed E-state index contributed by atoms with van der Waals surface area (Å²) < 4.78 is 79.4. The van der Waals surface area contributed by atoms with Crippen molar-refractivity contribution in [2.24, 2.45) is 5.73 Å². The number of benzene rings is 2. The summed E-state index contributed by atoms with van der Waals surface area (Å²) in [6, 6.07) is 6.32. The number of oxazole rings is 1. The molecule has 0 radical (unpaired) electrons. The molecule has 3 aromatic rings. The number of carbonyl (C=O) groups is 1. The Morgan fingerprint density at radius 1 is 1.19 bits per heavy atom. The number of primary amides is 1. The molecule has 1 unspecified atom stereocenters. The molecular weight excluding hydrogens is 511 g/mol. The van der Waals surface area contributed by atoms with E-state index in [1.807, 2.05) is 0 Å². The lowest BCUT2D eigenvalue weighted by Gasteiger charge is -2.15. The fourth-order valence-corrected chi connectivity index (χ4v) is 3.10. The number of aliphatic hydroxyl groups is 1. The Morgan fingerprint density at radius 3 is 2.41 bits per heavy atom. The predicted molar refractivity (Wildman–Crippen MR) is 102 cm³/mol. The quantitative estimate of drug-likeness (QED) is 0.442. The van der Waals surface area contributed by atoms with Crippen LogP contribution < -0.4 is 15.2 Å². The van der Waals surface area contributed by atoms with Gasteiger partial charge in [0.2, 0.25) is 5.89 Å². The van der Waals surface area contributed by atoms with Crippen molar-refractivity contribution in [2.45, 2.75) is 12.5 Å². The van der Waals surface area contributed by atoms with Crippen LogP contribution in [0.25, 0.3) is 11.3 Å². The number of hydrogen-bond acceptors (Lipinski definition) is 6. The number of carbonyl (C=O) groups excluding carboxylic acids is 1. The summed E-state index contributed by atoms with van der Waals surface area (Å²) >= 11 is 3.10. The number of amides is 1. The fraction of sp³-hybridized carbons (Fsp3) is 0.158. The van der Waals surface area contributed by atoms with Crippen molar-refractivity contribution >= 4 is 21.8 Å². The molecule has 170 valence electrons. The smallest absolute Gasteiger partial charge is 0.475 e. The molecule has 1 atom stereocenters. The number of hydrogen-bond donors (Lipinski definition) is 2. The van der Waals surface area contributed by atoms with Gasteiger partial charge in [0, 0.05) is 5.56 Å². The van der Waals surface area contributed by atoms with Crippen LogP contribution in [-0.4, -0.2) is 29.0 Å². The molecule has 2 aromatic carbocycles. The molecule has 32 heavy (non-hydrogen) atoms. The number of aromatic nitrogens is 1. The van der Waals surface area contributed by atoms with Gasteiger partial charge in [-0.1, -0.05) is 0 Å². The van der Waals surface area contributed by atoms with Crippen LogP contribution in [0, 0.1) is 11.6 Å². The molecule has 0 saturated carbocycles. The molecular formula is C19H12BrF5N2O5. The summed E-state index contributed by atoms with van der Waals surface area (Å²) in [6.07, 6.45) is -6.23. The summed E-state index contributed by atoms with van der Waals surface area (Å²) in [5.41, 5.74) is 4.40. The van der Waals surface area contributed by atoms with Gasteiger partial charge in [0.1, 0.15) is 22.8 Å². The van der Waals surface area contributed by atoms with Crippen LogP contribution in [0.1, 0.15) is 22.4 Å². The van der Waals surface area contributed by atoms with Crippen LogP contribution >= 0.6 is 15.9 Å². The van der Waals surface area contributed by atoms with Gasteiger partial charge in [-0.25, -0.2) is 13.8 Å². The fourth-order valence-electron chi connectivity index (χ4n) is 2.62. The lowest BCUT2D eigenvalue weighted by atomic mass is 10.1. The van der Waals surface area contributed by atoms with E-state index in [9.17, 15) is 31.9 Å². The maximum Gasteiger partial charge on any atom is 0.573 e. The Bertz CT molecular complexity index is 1130. The van der Waals surface area contributed by atoms with Gasteiger partial charge in [-0.3, -0.25) is 4.79 Å². The van der Waals surface area contributed by atoms with Crippen molar-refractivity contribution in [3.63, 3.8) is 0 Å². The lowest BCUT2D eigenvalue weighted by molar-refractivity contribution is -0.274. The van der Waals surface area contributed by atoms with Gasteiger partial charge < -0.3 is 24.7 Å². The zero-order valence-electron chi connectivity index (χ0n) is 15.6. The summed E-state index contributed by atoms with van der Waals surface area (Å²) in [4.78, 5) is 15.4. The van der Waals surface area contributed by atoms with E-state index in [2.05, 4.69) is 25.7 Å². The lowest BCUT2D eigenvalue weighted by Crippen LogP contribution is -2.18. The largest absolute Gasteiger partial charge is 0.573 e. The molecule has 0 spiro atoms. The zero-order chi connectivity index (χ0) is 23.6. The highest BCUT2D eigenvalue weighted by Crippen LogP contribution is 2.34. The standard InChI is InChI=1S/C19H12BrF5N2O5/c20-16-15(8-1-3-9(4-2-8)32-19(23,24)25)27-18(31-16)12(7-28)30-11-6-5-10(21)13(14(11)22)17(26)29/h1-6,12,28H,7H2,(H2,26,29). The molecule has 13 heteroatoms. The van der Waals surface area contributed by atoms with Crippen LogP contribution in [0.15, 0.2) is 45.5 Å². The van der Waals surface area contributed by atoms with Gasteiger partial charge in [-0.05, 0) is 52.3 Å². The minimum Gasteiger partial charge on any atom is -0.475 e. The molecule has 1 aromatic heterocycles. The third-order valence-corrected chi connectivity index (χ3v) is 4.51. The third kappa shape index (κ3) is 5.16. The Labute approximate surface area is 184 Å².